The molecule has 2 aromatic heterocycles. The van der Waals surface area contributed by atoms with Gasteiger partial charge in [0.15, 0.2) is 0 Å². The Morgan fingerprint density at radius 2 is 1.85 bits per heavy atom. The van der Waals surface area contributed by atoms with E-state index < -0.39 is 11.6 Å². The smallest absolute Gasteiger partial charge is 0.322 e. The number of anilines is 1. The zero-order valence-electron chi connectivity index (χ0n) is 14.4. The normalized spacial score (nSPS) is 18.7. The second-order valence-corrected chi connectivity index (χ2v) is 7.90. The van der Waals surface area contributed by atoms with Crippen LogP contribution in [-0.4, -0.2) is 40.5 Å². The topological polar surface area (TPSA) is 87.2 Å². The quantitative estimate of drug-likeness (QED) is 0.668. The number of nitrogens with zero attached hydrogens (tertiary/aromatic N) is 3. The summed E-state index contributed by atoms with van der Waals surface area (Å²) in [4.78, 5) is 36.9. The molecular weight excluding hydrogens is 362 g/mol. The Balaban J connectivity index is 1.45. The number of fused-ring (bicyclic) bond motifs is 1. The Morgan fingerprint density at radius 3 is 2.56 bits per heavy atom. The molecule has 7 nitrogen and oxygen atoms in total. The largest absolute Gasteiger partial charge is 0.356 e. The highest BCUT2D eigenvalue weighted by Gasteiger charge is 2.48. The molecule has 8 heteroatoms. The molecule has 2 fully saturated rings. The van der Waals surface area contributed by atoms with Crippen molar-refractivity contribution in [2.75, 3.05) is 18.0 Å². The van der Waals surface area contributed by atoms with E-state index in [-0.39, 0.29) is 5.91 Å². The van der Waals surface area contributed by atoms with Crippen LogP contribution in [-0.2, 0) is 4.79 Å². The lowest BCUT2D eigenvalue weighted by atomic mass is 9.87. The molecule has 5 rings (SSSR count). The molecule has 1 aromatic carbocycles. The van der Waals surface area contributed by atoms with Crippen molar-refractivity contribution >= 4 is 39.3 Å². The first-order chi connectivity index (χ1) is 13.1. The number of amides is 3. The van der Waals surface area contributed by atoms with Crippen LogP contribution < -0.4 is 15.5 Å². The minimum absolute atomic E-state index is 0.220. The standard InChI is InChI=1S/C19H17N5O2S/c25-17-19(23-18(26)22-17)6-8-24(9-7-19)15-13-10-14(12-4-2-1-3-5-12)27-16(13)21-11-20-15/h1-5,10-11H,6-9H2,(H2,22,23,25,26). The number of benzene rings is 1. The maximum absolute atomic E-state index is 12.1. The number of hydrogen-bond acceptors (Lipinski definition) is 6. The highest BCUT2D eigenvalue weighted by Crippen LogP contribution is 2.37. The summed E-state index contributed by atoms with van der Waals surface area (Å²) in [6.07, 6.45) is 2.72. The molecule has 1 spiro atoms. The average Bonchev–Trinajstić information content (AvgIpc) is 3.24. The van der Waals surface area contributed by atoms with Crippen LogP contribution in [0.3, 0.4) is 0 Å². The van der Waals surface area contributed by atoms with E-state index >= 15 is 0 Å². The first-order valence-electron chi connectivity index (χ1n) is 8.83. The van der Waals surface area contributed by atoms with Gasteiger partial charge in [-0.2, -0.15) is 0 Å². The molecule has 3 amide bonds. The Labute approximate surface area is 159 Å². The van der Waals surface area contributed by atoms with Crippen molar-refractivity contribution in [3.8, 4) is 10.4 Å². The molecule has 27 heavy (non-hydrogen) atoms. The summed E-state index contributed by atoms with van der Waals surface area (Å²) in [5.41, 5.74) is 0.387. The molecule has 0 radical (unpaired) electrons. The Hall–Kier alpha value is -3.00. The SMILES string of the molecule is O=C1NC(=O)C2(CCN(c3ncnc4sc(-c5ccccc5)cc34)CC2)N1. The van der Waals surface area contributed by atoms with Crippen molar-refractivity contribution in [1.29, 1.82) is 0 Å². The van der Waals surface area contributed by atoms with E-state index in [1.807, 2.05) is 18.2 Å². The number of rotatable bonds is 2. The third-order valence-electron chi connectivity index (χ3n) is 5.30. The van der Waals surface area contributed by atoms with Gasteiger partial charge < -0.3 is 10.2 Å². The lowest BCUT2D eigenvalue weighted by molar-refractivity contribution is -0.124. The molecule has 2 N–H and O–H groups in total. The molecule has 0 saturated carbocycles. The van der Waals surface area contributed by atoms with E-state index in [1.54, 1.807) is 17.7 Å². The van der Waals surface area contributed by atoms with Crippen LogP contribution in [0.2, 0.25) is 0 Å². The minimum atomic E-state index is -0.774. The fourth-order valence-electron chi connectivity index (χ4n) is 3.82. The van der Waals surface area contributed by atoms with Gasteiger partial charge in [-0.15, -0.1) is 11.3 Å². The maximum Gasteiger partial charge on any atom is 0.322 e. The van der Waals surface area contributed by atoms with Crippen LogP contribution >= 0.6 is 11.3 Å². The molecule has 3 aromatic rings. The highest BCUT2D eigenvalue weighted by atomic mass is 32.1. The van der Waals surface area contributed by atoms with Crippen LogP contribution in [0.5, 0.6) is 0 Å². The van der Waals surface area contributed by atoms with Gasteiger partial charge >= 0.3 is 6.03 Å². The summed E-state index contributed by atoms with van der Waals surface area (Å²) in [7, 11) is 0. The maximum atomic E-state index is 12.1. The van der Waals surface area contributed by atoms with E-state index in [0.717, 1.165) is 26.5 Å². The lowest BCUT2D eigenvalue weighted by Crippen LogP contribution is -2.55. The summed E-state index contributed by atoms with van der Waals surface area (Å²) in [6, 6.07) is 12.0. The number of imide groups is 1. The first kappa shape index (κ1) is 16.2. The molecule has 0 aliphatic carbocycles. The summed E-state index contributed by atoms with van der Waals surface area (Å²) >= 11 is 1.65. The van der Waals surface area contributed by atoms with Gasteiger partial charge in [0, 0.05) is 18.0 Å². The van der Waals surface area contributed by atoms with Gasteiger partial charge in [-0.05, 0) is 24.5 Å². The van der Waals surface area contributed by atoms with Crippen molar-refractivity contribution in [1.82, 2.24) is 20.6 Å². The molecule has 2 aliphatic heterocycles. The van der Waals surface area contributed by atoms with Crippen LogP contribution in [0.4, 0.5) is 10.6 Å². The predicted octanol–water partition coefficient (Wildman–Crippen LogP) is 2.54. The number of nitrogens with one attached hydrogen (secondary N) is 2. The van der Waals surface area contributed by atoms with Crippen molar-refractivity contribution in [2.24, 2.45) is 0 Å². The summed E-state index contributed by atoms with van der Waals surface area (Å²) in [5.74, 6) is 0.667. The van der Waals surface area contributed by atoms with E-state index in [1.165, 1.54) is 0 Å². The van der Waals surface area contributed by atoms with Crippen molar-refractivity contribution in [3.63, 3.8) is 0 Å². The van der Waals surface area contributed by atoms with E-state index in [4.69, 9.17) is 0 Å². The number of aromatic nitrogens is 2. The second kappa shape index (κ2) is 6.02. The van der Waals surface area contributed by atoms with Gasteiger partial charge in [-0.25, -0.2) is 14.8 Å². The zero-order chi connectivity index (χ0) is 18.4. The Kier molecular flexibility index (Phi) is 3.61. The van der Waals surface area contributed by atoms with Crippen LogP contribution in [0.25, 0.3) is 20.7 Å². The average molecular weight is 379 g/mol. The molecule has 0 unspecified atom stereocenters. The van der Waals surface area contributed by atoms with Gasteiger partial charge in [0.05, 0.1) is 5.39 Å². The second-order valence-electron chi connectivity index (χ2n) is 6.87. The zero-order valence-corrected chi connectivity index (χ0v) is 15.3. The highest BCUT2D eigenvalue weighted by molar-refractivity contribution is 7.21. The van der Waals surface area contributed by atoms with Crippen molar-refractivity contribution in [3.05, 3.63) is 42.7 Å². The number of piperidine rings is 1. The Morgan fingerprint density at radius 1 is 1.07 bits per heavy atom. The lowest BCUT2D eigenvalue weighted by Gasteiger charge is -2.37. The monoisotopic (exact) mass is 379 g/mol. The first-order valence-corrected chi connectivity index (χ1v) is 9.65. The fourth-order valence-corrected chi connectivity index (χ4v) is 4.82. The van der Waals surface area contributed by atoms with Gasteiger partial charge in [0.1, 0.15) is 22.5 Å². The number of hydrogen-bond donors (Lipinski definition) is 2. The Bertz CT molecular complexity index is 1040. The van der Waals surface area contributed by atoms with Crippen molar-refractivity contribution in [2.45, 2.75) is 18.4 Å². The van der Waals surface area contributed by atoms with Gasteiger partial charge in [0.25, 0.3) is 5.91 Å². The molecule has 136 valence electrons. The molecule has 2 saturated heterocycles. The van der Waals surface area contributed by atoms with Gasteiger partial charge in [-0.3, -0.25) is 10.1 Å². The van der Waals surface area contributed by atoms with Crippen LogP contribution in [0.15, 0.2) is 42.7 Å². The number of thiophene rings is 1. The predicted molar refractivity (Wildman–Crippen MR) is 104 cm³/mol. The number of carbonyl (C=O) groups is 2. The molecule has 2 aliphatic rings. The summed E-state index contributed by atoms with van der Waals surface area (Å²) < 4.78 is 0. The third kappa shape index (κ3) is 2.64. The fraction of sp³-hybridized carbons (Fsp3) is 0.263. The number of carbonyl (C=O) groups excluding carboxylic acids is 2. The molecule has 0 bridgehead atoms. The van der Waals surface area contributed by atoms with Gasteiger partial charge in [-0.1, -0.05) is 30.3 Å². The van der Waals surface area contributed by atoms with E-state index in [0.29, 0.717) is 25.9 Å². The summed E-state index contributed by atoms with van der Waals surface area (Å²) in [6.45, 7) is 1.30. The van der Waals surface area contributed by atoms with Crippen molar-refractivity contribution < 1.29 is 9.59 Å². The number of urea groups is 1. The van der Waals surface area contributed by atoms with E-state index in [9.17, 15) is 9.59 Å². The van der Waals surface area contributed by atoms with E-state index in [2.05, 4.69) is 43.7 Å². The molecule has 4 heterocycles. The van der Waals surface area contributed by atoms with Crippen LogP contribution in [0.1, 0.15) is 12.8 Å². The third-order valence-corrected chi connectivity index (χ3v) is 6.39. The molecular formula is C19H17N5O2S. The summed E-state index contributed by atoms with van der Waals surface area (Å²) in [5, 5.41) is 6.17. The molecule has 0 atom stereocenters. The van der Waals surface area contributed by atoms with Crippen LogP contribution in [0, 0.1) is 0 Å². The minimum Gasteiger partial charge on any atom is -0.356 e. The van der Waals surface area contributed by atoms with Gasteiger partial charge in [0.2, 0.25) is 0 Å².